The zero-order valence-electron chi connectivity index (χ0n) is 11.8. The number of rotatable bonds is 3. The zero-order valence-corrected chi connectivity index (χ0v) is 11.8. The number of H-pyrrole nitrogens is 2. The van der Waals surface area contributed by atoms with Gasteiger partial charge in [0.1, 0.15) is 5.82 Å². The number of aromatic amines is 2. The highest BCUT2D eigenvalue weighted by atomic mass is 14.9. The summed E-state index contributed by atoms with van der Waals surface area (Å²) in [4.78, 5) is 11.0. The molecule has 0 atom stereocenters. The first kappa shape index (κ1) is 12.0. The molecule has 4 nitrogen and oxygen atoms in total. The minimum absolute atomic E-state index is 0.788. The summed E-state index contributed by atoms with van der Waals surface area (Å²) in [7, 11) is 0. The summed E-state index contributed by atoms with van der Waals surface area (Å²) in [6.45, 7) is 2.76. The number of nitrogens with zero attached hydrogens (tertiary/aromatic N) is 1. The predicted molar refractivity (Wildman–Crippen MR) is 86.5 cm³/mol. The Hall–Kier alpha value is -2.75. The topological polar surface area (TPSA) is 56.5 Å². The van der Waals surface area contributed by atoms with Crippen LogP contribution in [0.4, 0.5) is 5.69 Å². The van der Waals surface area contributed by atoms with Crippen molar-refractivity contribution in [2.45, 2.75) is 13.5 Å². The van der Waals surface area contributed by atoms with Crippen LogP contribution in [0.15, 0.2) is 48.7 Å². The zero-order chi connectivity index (χ0) is 14.2. The molecule has 0 saturated carbocycles. The van der Waals surface area contributed by atoms with Crippen LogP contribution in [0.5, 0.6) is 0 Å². The SMILES string of the molecule is Cc1nc2ccc(NCc3cccc4cc[nH]c34)cc2[nH]1. The van der Waals surface area contributed by atoms with E-state index in [1.54, 1.807) is 0 Å². The monoisotopic (exact) mass is 276 g/mol. The maximum Gasteiger partial charge on any atom is 0.104 e. The fourth-order valence-corrected chi connectivity index (χ4v) is 2.74. The molecule has 0 aliphatic rings. The van der Waals surface area contributed by atoms with Crippen LogP contribution in [-0.4, -0.2) is 15.0 Å². The molecular formula is C17H16N4. The van der Waals surface area contributed by atoms with Crippen molar-refractivity contribution in [1.82, 2.24) is 15.0 Å². The average molecular weight is 276 g/mol. The van der Waals surface area contributed by atoms with Gasteiger partial charge in [-0.25, -0.2) is 4.98 Å². The van der Waals surface area contributed by atoms with Crippen LogP contribution >= 0.6 is 0 Å². The van der Waals surface area contributed by atoms with E-state index in [9.17, 15) is 0 Å². The van der Waals surface area contributed by atoms with Crippen molar-refractivity contribution in [2.24, 2.45) is 0 Å². The van der Waals surface area contributed by atoms with Crippen molar-refractivity contribution in [2.75, 3.05) is 5.32 Å². The Morgan fingerprint density at radius 1 is 1.14 bits per heavy atom. The van der Waals surface area contributed by atoms with Gasteiger partial charge in [0.05, 0.1) is 16.6 Å². The molecule has 3 N–H and O–H groups in total. The molecule has 4 heteroatoms. The molecule has 21 heavy (non-hydrogen) atoms. The lowest BCUT2D eigenvalue weighted by molar-refractivity contribution is 1.16. The summed E-state index contributed by atoms with van der Waals surface area (Å²) in [5.74, 6) is 0.943. The molecule has 0 fully saturated rings. The first-order valence-electron chi connectivity index (χ1n) is 7.05. The summed E-state index contributed by atoms with van der Waals surface area (Å²) in [5, 5.41) is 4.72. The van der Waals surface area contributed by atoms with Crippen LogP contribution in [0.2, 0.25) is 0 Å². The Morgan fingerprint density at radius 3 is 3.05 bits per heavy atom. The molecule has 0 radical (unpaired) electrons. The van der Waals surface area contributed by atoms with Crippen LogP contribution in [0.1, 0.15) is 11.4 Å². The molecule has 0 bridgehead atoms. The summed E-state index contributed by atoms with van der Waals surface area (Å²) >= 11 is 0. The normalized spacial score (nSPS) is 11.3. The summed E-state index contributed by atoms with van der Waals surface area (Å²) < 4.78 is 0. The second-order valence-corrected chi connectivity index (χ2v) is 5.27. The molecule has 2 aromatic heterocycles. The molecule has 0 unspecified atom stereocenters. The Morgan fingerprint density at radius 2 is 2.10 bits per heavy atom. The molecule has 2 aromatic carbocycles. The van der Waals surface area contributed by atoms with Crippen LogP contribution in [0.25, 0.3) is 21.9 Å². The van der Waals surface area contributed by atoms with Gasteiger partial charge < -0.3 is 15.3 Å². The van der Waals surface area contributed by atoms with E-state index in [0.29, 0.717) is 0 Å². The number of anilines is 1. The van der Waals surface area contributed by atoms with Gasteiger partial charge in [0.2, 0.25) is 0 Å². The van der Waals surface area contributed by atoms with Gasteiger partial charge in [-0.05, 0) is 42.1 Å². The molecule has 0 spiro atoms. The van der Waals surface area contributed by atoms with Gasteiger partial charge in [-0.15, -0.1) is 0 Å². The first-order valence-corrected chi connectivity index (χ1v) is 7.05. The summed E-state index contributed by atoms with van der Waals surface area (Å²) in [5.41, 5.74) is 5.62. The molecule has 0 amide bonds. The van der Waals surface area contributed by atoms with E-state index in [-0.39, 0.29) is 0 Å². The quantitative estimate of drug-likeness (QED) is 0.530. The lowest BCUT2D eigenvalue weighted by atomic mass is 10.1. The third kappa shape index (κ3) is 2.14. The number of aryl methyl sites for hydroxylation is 1. The Labute approximate surface area is 122 Å². The molecule has 4 rings (SSSR count). The van der Waals surface area contributed by atoms with Gasteiger partial charge in [-0.1, -0.05) is 18.2 Å². The smallest absolute Gasteiger partial charge is 0.104 e. The summed E-state index contributed by atoms with van der Waals surface area (Å²) in [6, 6.07) is 14.7. The maximum absolute atomic E-state index is 4.42. The lowest BCUT2D eigenvalue weighted by Gasteiger charge is -2.07. The van der Waals surface area contributed by atoms with Gasteiger partial charge in [0.15, 0.2) is 0 Å². The Kier molecular flexibility index (Phi) is 2.67. The Bertz CT molecular complexity index is 917. The number of hydrogen-bond donors (Lipinski definition) is 3. The van der Waals surface area contributed by atoms with Gasteiger partial charge >= 0.3 is 0 Å². The van der Waals surface area contributed by atoms with Crippen molar-refractivity contribution >= 4 is 27.6 Å². The van der Waals surface area contributed by atoms with Crippen molar-refractivity contribution < 1.29 is 0 Å². The largest absolute Gasteiger partial charge is 0.381 e. The molecule has 2 heterocycles. The van der Waals surface area contributed by atoms with E-state index in [4.69, 9.17) is 0 Å². The maximum atomic E-state index is 4.42. The number of hydrogen-bond acceptors (Lipinski definition) is 2. The average Bonchev–Trinajstić information content (AvgIpc) is 3.09. The lowest BCUT2D eigenvalue weighted by Crippen LogP contribution is -1.99. The second kappa shape index (κ2) is 4.66. The minimum atomic E-state index is 0.788. The molecule has 0 aliphatic heterocycles. The van der Waals surface area contributed by atoms with Crippen molar-refractivity contribution in [3.63, 3.8) is 0 Å². The van der Waals surface area contributed by atoms with Crippen molar-refractivity contribution in [1.29, 1.82) is 0 Å². The van der Waals surface area contributed by atoms with E-state index in [1.165, 1.54) is 16.5 Å². The highest BCUT2D eigenvalue weighted by molar-refractivity contribution is 5.83. The van der Waals surface area contributed by atoms with E-state index in [1.807, 2.05) is 19.2 Å². The number of imidazole rings is 1. The van der Waals surface area contributed by atoms with Gasteiger partial charge in [0.25, 0.3) is 0 Å². The van der Waals surface area contributed by atoms with E-state index in [0.717, 1.165) is 29.1 Å². The van der Waals surface area contributed by atoms with E-state index in [2.05, 4.69) is 56.7 Å². The van der Waals surface area contributed by atoms with Gasteiger partial charge in [-0.3, -0.25) is 0 Å². The summed E-state index contributed by atoms with van der Waals surface area (Å²) in [6.07, 6.45) is 1.98. The van der Waals surface area contributed by atoms with E-state index < -0.39 is 0 Å². The van der Waals surface area contributed by atoms with Crippen molar-refractivity contribution in [3.8, 4) is 0 Å². The van der Waals surface area contributed by atoms with Crippen LogP contribution in [0.3, 0.4) is 0 Å². The highest BCUT2D eigenvalue weighted by Gasteiger charge is 2.03. The standard InChI is InChI=1S/C17H16N4/c1-11-20-15-6-5-14(9-16(15)21-11)19-10-13-4-2-3-12-7-8-18-17(12)13/h2-9,18-19H,10H2,1H3,(H,20,21). The molecule has 4 aromatic rings. The number of benzene rings is 2. The second-order valence-electron chi connectivity index (χ2n) is 5.27. The number of fused-ring (bicyclic) bond motifs is 2. The highest BCUT2D eigenvalue weighted by Crippen LogP contribution is 2.20. The molecule has 104 valence electrons. The van der Waals surface area contributed by atoms with Crippen LogP contribution < -0.4 is 5.32 Å². The number of nitrogens with one attached hydrogen (secondary N) is 3. The molecule has 0 aliphatic carbocycles. The third-order valence-corrected chi connectivity index (χ3v) is 3.76. The fourth-order valence-electron chi connectivity index (χ4n) is 2.74. The third-order valence-electron chi connectivity index (χ3n) is 3.76. The fraction of sp³-hybridized carbons (Fsp3) is 0.118. The molecule has 0 saturated heterocycles. The number of aromatic nitrogens is 3. The van der Waals surface area contributed by atoms with Gasteiger partial charge in [0, 0.05) is 18.4 Å². The minimum Gasteiger partial charge on any atom is -0.381 e. The number of para-hydroxylation sites is 1. The van der Waals surface area contributed by atoms with Gasteiger partial charge in [-0.2, -0.15) is 0 Å². The van der Waals surface area contributed by atoms with E-state index >= 15 is 0 Å². The predicted octanol–water partition coefficient (Wildman–Crippen LogP) is 3.96. The first-order chi connectivity index (χ1) is 10.3. The molecular weight excluding hydrogens is 260 g/mol. The van der Waals surface area contributed by atoms with Crippen LogP contribution in [0, 0.1) is 6.92 Å². The van der Waals surface area contributed by atoms with Crippen LogP contribution in [-0.2, 0) is 6.54 Å². The van der Waals surface area contributed by atoms with Crippen molar-refractivity contribution in [3.05, 3.63) is 60.0 Å². The Balaban J connectivity index is 1.61.